The lowest BCUT2D eigenvalue weighted by molar-refractivity contribution is -0.144. The maximum Gasteiger partial charge on any atom is 0.326 e. The van der Waals surface area contributed by atoms with E-state index < -0.39 is 5.97 Å². The van der Waals surface area contributed by atoms with Crippen molar-refractivity contribution in [3.05, 3.63) is 23.8 Å². The highest BCUT2D eigenvalue weighted by molar-refractivity contribution is 6.01. The van der Waals surface area contributed by atoms with Crippen molar-refractivity contribution in [3.8, 4) is 5.75 Å². The average Bonchev–Trinajstić information content (AvgIpc) is 2.47. The van der Waals surface area contributed by atoms with Gasteiger partial charge in [-0.15, -0.1) is 0 Å². The number of carbonyl (C=O) groups excluding carboxylic acids is 2. The summed E-state index contributed by atoms with van der Waals surface area (Å²) in [4.78, 5) is 25.2. The Morgan fingerprint density at radius 2 is 2.24 bits per heavy atom. The number of nitrogens with zero attached hydrogens (tertiary/aromatic N) is 1. The molecule has 1 amide bonds. The molecule has 0 saturated heterocycles. The largest absolute Gasteiger partial charge is 0.482 e. The highest BCUT2D eigenvalue weighted by atomic mass is 16.5. The fraction of sp³-hybridized carbons (Fsp3) is 0.467. The van der Waals surface area contributed by atoms with Gasteiger partial charge in [-0.25, -0.2) is 0 Å². The molecule has 1 aliphatic rings. The van der Waals surface area contributed by atoms with Gasteiger partial charge in [0.05, 0.1) is 12.3 Å². The number of nitrogens with two attached hydrogens (primary N) is 1. The molecule has 1 heterocycles. The molecule has 0 aliphatic carbocycles. The van der Waals surface area contributed by atoms with Crippen molar-refractivity contribution in [2.45, 2.75) is 20.4 Å². The Labute approximate surface area is 123 Å². The first-order chi connectivity index (χ1) is 10.0. The highest BCUT2D eigenvalue weighted by Gasteiger charge is 2.28. The molecule has 0 bridgehead atoms. The Kier molecular flexibility index (Phi) is 4.80. The second-order valence-corrected chi connectivity index (χ2v) is 5.35. The summed E-state index contributed by atoms with van der Waals surface area (Å²) in [5, 5.41) is 0. The van der Waals surface area contributed by atoms with Crippen molar-refractivity contribution in [3.63, 3.8) is 0 Å². The van der Waals surface area contributed by atoms with E-state index in [1.165, 1.54) is 4.90 Å². The molecule has 6 heteroatoms. The van der Waals surface area contributed by atoms with Crippen LogP contribution in [0.25, 0.3) is 0 Å². The van der Waals surface area contributed by atoms with E-state index in [1.54, 1.807) is 12.1 Å². The average molecular weight is 292 g/mol. The van der Waals surface area contributed by atoms with Crippen molar-refractivity contribution >= 4 is 17.6 Å². The number of hydrogen-bond donors (Lipinski definition) is 1. The van der Waals surface area contributed by atoms with Gasteiger partial charge in [0, 0.05) is 6.54 Å². The molecule has 0 spiro atoms. The first kappa shape index (κ1) is 15.3. The van der Waals surface area contributed by atoms with Gasteiger partial charge in [-0.1, -0.05) is 19.9 Å². The van der Waals surface area contributed by atoms with E-state index in [9.17, 15) is 9.59 Å². The van der Waals surface area contributed by atoms with Gasteiger partial charge < -0.3 is 15.2 Å². The van der Waals surface area contributed by atoms with Crippen LogP contribution in [0.1, 0.15) is 19.4 Å². The van der Waals surface area contributed by atoms with Crippen molar-refractivity contribution in [1.29, 1.82) is 0 Å². The zero-order valence-electron chi connectivity index (χ0n) is 12.3. The van der Waals surface area contributed by atoms with E-state index in [1.807, 2.05) is 19.9 Å². The van der Waals surface area contributed by atoms with Crippen LogP contribution in [-0.2, 0) is 20.9 Å². The summed E-state index contributed by atoms with van der Waals surface area (Å²) < 4.78 is 10.5. The molecule has 0 atom stereocenters. The number of rotatable bonds is 5. The van der Waals surface area contributed by atoms with Gasteiger partial charge in [-0.3, -0.25) is 14.5 Å². The van der Waals surface area contributed by atoms with E-state index in [4.69, 9.17) is 15.2 Å². The van der Waals surface area contributed by atoms with Gasteiger partial charge in [-0.05, 0) is 23.6 Å². The van der Waals surface area contributed by atoms with Gasteiger partial charge >= 0.3 is 5.97 Å². The SMILES string of the molecule is CC(C)COC(=O)CN1C(=O)COc2ccc(CN)cc21. The molecule has 2 N–H and O–H groups in total. The van der Waals surface area contributed by atoms with Crippen LogP contribution in [0.5, 0.6) is 5.75 Å². The van der Waals surface area contributed by atoms with Crippen LogP contribution in [0.3, 0.4) is 0 Å². The highest BCUT2D eigenvalue weighted by Crippen LogP contribution is 2.32. The predicted molar refractivity (Wildman–Crippen MR) is 78.0 cm³/mol. The second kappa shape index (κ2) is 6.58. The molecule has 1 aromatic rings. The fourth-order valence-corrected chi connectivity index (χ4v) is 1.98. The molecule has 1 aliphatic heterocycles. The molecule has 0 unspecified atom stereocenters. The standard InChI is InChI=1S/C15H20N2O4/c1-10(2)8-21-15(19)7-17-12-5-11(6-16)3-4-13(12)20-9-14(17)18/h3-5,10H,6-9,16H2,1-2H3. The number of benzene rings is 1. The first-order valence-electron chi connectivity index (χ1n) is 6.93. The Morgan fingerprint density at radius 1 is 1.48 bits per heavy atom. The van der Waals surface area contributed by atoms with Gasteiger partial charge in [0.25, 0.3) is 5.91 Å². The molecule has 6 nitrogen and oxygen atoms in total. The molecule has 114 valence electrons. The van der Waals surface area contributed by atoms with Gasteiger partial charge in [0.15, 0.2) is 6.61 Å². The van der Waals surface area contributed by atoms with E-state index in [2.05, 4.69) is 0 Å². The Hall–Kier alpha value is -2.08. The molecular formula is C15H20N2O4. The van der Waals surface area contributed by atoms with Crippen LogP contribution in [0.4, 0.5) is 5.69 Å². The Balaban J connectivity index is 2.15. The van der Waals surface area contributed by atoms with E-state index in [0.29, 0.717) is 24.6 Å². The topological polar surface area (TPSA) is 81.9 Å². The zero-order valence-corrected chi connectivity index (χ0v) is 12.3. The van der Waals surface area contributed by atoms with E-state index in [-0.39, 0.29) is 25.0 Å². The minimum atomic E-state index is -0.428. The summed E-state index contributed by atoms with van der Waals surface area (Å²) in [5.41, 5.74) is 7.04. The monoisotopic (exact) mass is 292 g/mol. The smallest absolute Gasteiger partial charge is 0.326 e. The Bertz CT molecular complexity index is 542. The fourth-order valence-electron chi connectivity index (χ4n) is 1.98. The molecule has 0 aromatic heterocycles. The molecular weight excluding hydrogens is 272 g/mol. The normalized spacial score (nSPS) is 13.9. The number of anilines is 1. The van der Waals surface area contributed by atoms with Crippen LogP contribution in [0.2, 0.25) is 0 Å². The minimum Gasteiger partial charge on any atom is -0.482 e. The molecule has 0 radical (unpaired) electrons. The molecule has 2 rings (SSSR count). The van der Waals surface area contributed by atoms with E-state index >= 15 is 0 Å². The van der Waals surface area contributed by atoms with Crippen molar-refractivity contribution < 1.29 is 19.1 Å². The van der Waals surface area contributed by atoms with Gasteiger partial charge in [-0.2, -0.15) is 0 Å². The summed E-state index contributed by atoms with van der Waals surface area (Å²) >= 11 is 0. The number of esters is 1. The molecule has 1 aromatic carbocycles. The van der Waals surface area contributed by atoms with Crippen LogP contribution < -0.4 is 15.4 Å². The van der Waals surface area contributed by atoms with Gasteiger partial charge in [0.2, 0.25) is 0 Å². The maximum absolute atomic E-state index is 12.0. The lowest BCUT2D eigenvalue weighted by Gasteiger charge is -2.29. The van der Waals surface area contributed by atoms with Crippen molar-refractivity contribution in [2.24, 2.45) is 11.7 Å². The quantitative estimate of drug-likeness (QED) is 0.821. The third-order valence-corrected chi connectivity index (χ3v) is 3.07. The minimum absolute atomic E-state index is 0.0770. The van der Waals surface area contributed by atoms with Gasteiger partial charge in [0.1, 0.15) is 12.3 Å². The summed E-state index contributed by atoms with van der Waals surface area (Å²) in [6, 6.07) is 5.36. The molecule has 0 fully saturated rings. The summed E-state index contributed by atoms with van der Waals surface area (Å²) in [7, 11) is 0. The Morgan fingerprint density at radius 3 is 2.90 bits per heavy atom. The predicted octanol–water partition coefficient (Wildman–Crippen LogP) is 1.07. The van der Waals surface area contributed by atoms with Crippen molar-refractivity contribution in [1.82, 2.24) is 0 Å². The maximum atomic E-state index is 12.0. The summed E-state index contributed by atoms with van der Waals surface area (Å²) in [5.74, 6) is 0.134. The van der Waals surface area contributed by atoms with Crippen LogP contribution in [0.15, 0.2) is 18.2 Å². The molecule has 0 saturated carbocycles. The lowest BCUT2D eigenvalue weighted by atomic mass is 10.1. The van der Waals surface area contributed by atoms with Crippen LogP contribution >= 0.6 is 0 Å². The third kappa shape index (κ3) is 3.72. The van der Waals surface area contributed by atoms with Crippen LogP contribution in [-0.4, -0.2) is 31.6 Å². The van der Waals surface area contributed by atoms with Crippen molar-refractivity contribution in [2.75, 3.05) is 24.7 Å². The summed E-state index contributed by atoms with van der Waals surface area (Å²) in [6.45, 7) is 4.41. The third-order valence-electron chi connectivity index (χ3n) is 3.07. The second-order valence-electron chi connectivity index (χ2n) is 5.35. The van der Waals surface area contributed by atoms with Crippen LogP contribution in [0, 0.1) is 5.92 Å². The summed E-state index contributed by atoms with van der Waals surface area (Å²) in [6.07, 6.45) is 0. The number of ether oxygens (including phenoxy) is 2. The van der Waals surface area contributed by atoms with E-state index in [0.717, 1.165) is 5.56 Å². The zero-order chi connectivity index (χ0) is 15.4. The number of hydrogen-bond acceptors (Lipinski definition) is 5. The lowest BCUT2D eigenvalue weighted by Crippen LogP contribution is -2.42. The number of fused-ring (bicyclic) bond motifs is 1. The molecule has 21 heavy (non-hydrogen) atoms. The number of amides is 1. The number of carbonyl (C=O) groups is 2. The first-order valence-corrected chi connectivity index (χ1v) is 6.93.